The summed E-state index contributed by atoms with van der Waals surface area (Å²) in [6, 6.07) is 8.34. The molecule has 1 heterocycles. The van der Waals surface area contributed by atoms with Crippen molar-refractivity contribution < 1.29 is 5.11 Å². The van der Waals surface area contributed by atoms with Gasteiger partial charge in [0.1, 0.15) is 0 Å². The smallest absolute Gasteiger partial charge is 0.0540 e. The molecule has 1 aliphatic rings. The maximum Gasteiger partial charge on any atom is 0.0540 e. The van der Waals surface area contributed by atoms with E-state index in [1.165, 1.54) is 24.9 Å². The molecule has 0 aromatic heterocycles. The van der Waals surface area contributed by atoms with Crippen LogP contribution in [0.15, 0.2) is 24.3 Å². The highest BCUT2D eigenvalue weighted by Crippen LogP contribution is 2.30. The van der Waals surface area contributed by atoms with Crippen molar-refractivity contribution in [2.24, 2.45) is 0 Å². The third-order valence-corrected chi connectivity index (χ3v) is 3.91. The van der Waals surface area contributed by atoms with Gasteiger partial charge in [0.15, 0.2) is 0 Å². The quantitative estimate of drug-likeness (QED) is 0.842. The molecule has 1 aromatic carbocycles. The van der Waals surface area contributed by atoms with Crippen molar-refractivity contribution in [3.8, 4) is 11.8 Å². The van der Waals surface area contributed by atoms with Crippen molar-refractivity contribution in [3.63, 3.8) is 0 Å². The Kier molecular flexibility index (Phi) is 4.63. The van der Waals surface area contributed by atoms with Crippen LogP contribution in [-0.2, 0) is 6.54 Å². The van der Waals surface area contributed by atoms with Gasteiger partial charge in [0.05, 0.1) is 6.61 Å². The number of rotatable bonds is 3. The lowest BCUT2D eigenvalue weighted by atomic mass is 10.0. The van der Waals surface area contributed by atoms with Crippen LogP contribution < -0.4 is 0 Å². The summed E-state index contributed by atoms with van der Waals surface area (Å²) in [6.07, 6.45) is 3.10. The van der Waals surface area contributed by atoms with Crippen LogP contribution in [0.4, 0.5) is 0 Å². The summed E-state index contributed by atoms with van der Waals surface area (Å²) in [5.41, 5.74) is 2.69. The van der Waals surface area contributed by atoms with Crippen LogP contribution in [0.5, 0.6) is 0 Å². The molecule has 0 radical (unpaired) electrons. The molecule has 0 amide bonds. The molecule has 1 saturated heterocycles. The summed E-state index contributed by atoms with van der Waals surface area (Å²) in [6.45, 7) is 6.91. The van der Waals surface area contributed by atoms with Crippen molar-refractivity contribution in [1.29, 1.82) is 0 Å². The number of nitrogens with zero attached hydrogens (tertiary/aromatic N) is 1. The minimum absolute atomic E-state index is 0.133. The molecule has 0 spiro atoms. The van der Waals surface area contributed by atoms with E-state index in [1.807, 2.05) is 6.07 Å². The average Bonchev–Trinajstić information content (AvgIpc) is 2.71. The van der Waals surface area contributed by atoms with E-state index in [-0.39, 0.29) is 6.61 Å². The fourth-order valence-electron chi connectivity index (χ4n) is 2.66. The van der Waals surface area contributed by atoms with Gasteiger partial charge >= 0.3 is 0 Å². The van der Waals surface area contributed by atoms with Crippen LogP contribution in [0.25, 0.3) is 0 Å². The number of aliphatic hydroxyl groups excluding tert-OH is 1. The highest BCUT2D eigenvalue weighted by molar-refractivity contribution is 5.41. The van der Waals surface area contributed by atoms with E-state index in [0.29, 0.717) is 12.0 Å². The summed E-state index contributed by atoms with van der Waals surface area (Å²) in [4.78, 5) is 2.54. The predicted molar refractivity (Wildman–Crippen MR) is 78.7 cm³/mol. The van der Waals surface area contributed by atoms with E-state index in [0.717, 1.165) is 12.1 Å². The van der Waals surface area contributed by atoms with Crippen molar-refractivity contribution >= 4 is 0 Å². The maximum atomic E-state index is 8.80. The second-order valence-corrected chi connectivity index (χ2v) is 5.77. The molecule has 1 aliphatic heterocycles. The molecule has 19 heavy (non-hydrogen) atoms. The first-order chi connectivity index (χ1) is 9.13. The van der Waals surface area contributed by atoms with E-state index in [2.05, 4.69) is 48.8 Å². The Labute approximate surface area is 116 Å². The van der Waals surface area contributed by atoms with Gasteiger partial charge in [-0.1, -0.05) is 30.0 Å². The summed E-state index contributed by atoms with van der Waals surface area (Å²) in [5.74, 6) is 6.20. The first-order valence-electron chi connectivity index (χ1n) is 7.06. The van der Waals surface area contributed by atoms with E-state index in [9.17, 15) is 0 Å². The van der Waals surface area contributed by atoms with Crippen LogP contribution in [0.3, 0.4) is 0 Å². The van der Waals surface area contributed by atoms with Gasteiger partial charge in [-0.3, -0.25) is 4.90 Å². The van der Waals surface area contributed by atoms with Crippen LogP contribution in [-0.4, -0.2) is 28.7 Å². The second-order valence-electron chi connectivity index (χ2n) is 5.77. The molecule has 1 N–H and O–H groups in total. The summed E-state index contributed by atoms with van der Waals surface area (Å²) in [7, 11) is 0. The molecule has 1 fully saturated rings. The van der Waals surface area contributed by atoms with Gasteiger partial charge in [-0.05, 0) is 44.9 Å². The first-order valence-corrected chi connectivity index (χ1v) is 7.06. The maximum absolute atomic E-state index is 8.80. The van der Waals surface area contributed by atoms with Gasteiger partial charge in [0.25, 0.3) is 0 Å². The van der Waals surface area contributed by atoms with Gasteiger partial charge in [0.2, 0.25) is 0 Å². The fraction of sp³-hybridized carbons (Fsp3) is 0.529. The van der Waals surface area contributed by atoms with Gasteiger partial charge in [-0.15, -0.1) is 0 Å². The van der Waals surface area contributed by atoms with Gasteiger partial charge in [0, 0.05) is 24.1 Å². The Morgan fingerprint density at radius 1 is 1.32 bits per heavy atom. The largest absolute Gasteiger partial charge is 0.395 e. The Morgan fingerprint density at radius 3 is 2.79 bits per heavy atom. The summed E-state index contributed by atoms with van der Waals surface area (Å²) >= 11 is 0. The molecule has 0 atom stereocenters. The minimum atomic E-state index is 0.133. The van der Waals surface area contributed by atoms with Crippen molar-refractivity contribution in [2.45, 2.75) is 45.2 Å². The van der Waals surface area contributed by atoms with Gasteiger partial charge in [-0.25, -0.2) is 0 Å². The topological polar surface area (TPSA) is 23.5 Å². The average molecular weight is 257 g/mol. The van der Waals surface area contributed by atoms with Crippen LogP contribution in [0, 0.1) is 11.8 Å². The molecule has 0 unspecified atom stereocenters. The molecule has 0 saturated carbocycles. The summed E-state index contributed by atoms with van der Waals surface area (Å²) in [5, 5.41) is 8.80. The molecule has 0 aliphatic carbocycles. The summed E-state index contributed by atoms with van der Waals surface area (Å²) < 4.78 is 0. The predicted octanol–water partition coefficient (Wildman–Crippen LogP) is 2.79. The molecule has 1 aromatic rings. The molecular formula is C17H23NO. The monoisotopic (exact) mass is 257 g/mol. The zero-order chi connectivity index (χ0) is 13.7. The third kappa shape index (κ3) is 3.59. The molecule has 0 bridgehead atoms. The van der Waals surface area contributed by atoms with E-state index in [4.69, 9.17) is 5.11 Å². The van der Waals surface area contributed by atoms with Crippen LogP contribution in [0.1, 0.15) is 44.2 Å². The normalized spacial score (nSPS) is 18.1. The minimum Gasteiger partial charge on any atom is -0.395 e. The Bertz CT molecular complexity index is 482. The number of hydrogen-bond acceptors (Lipinski definition) is 2. The van der Waals surface area contributed by atoms with Crippen molar-refractivity contribution in [1.82, 2.24) is 4.90 Å². The Hall–Kier alpha value is -1.30. The van der Waals surface area contributed by atoms with Gasteiger partial charge in [-0.2, -0.15) is 0 Å². The van der Waals surface area contributed by atoms with Crippen LogP contribution in [0.2, 0.25) is 0 Å². The number of hydrogen-bond donors (Lipinski definition) is 1. The van der Waals surface area contributed by atoms with Gasteiger partial charge < -0.3 is 5.11 Å². The highest BCUT2D eigenvalue weighted by atomic mass is 16.2. The lowest BCUT2D eigenvalue weighted by Crippen LogP contribution is -2.37. The highest BCUT2D eigenvalue weighted by Gasteiger charge is 2.31. The Morgan fingerprint density at radius 2 is 2.11 bits per heavy atom. The van der Waals surface area contributed by atoms with E-state index >= 15 is 0 Å². The lowest BCUT2D eigenvalue weighted by molar-refractivity contribution is 0.166. The van der Waals surface area contributed by atoms with E-state index in [1.54, 1.807) is 0 Å². The van der Waals surface area contributed by atoms with Crippen molar-refractivity contribution in [3.05, 3.63) is 35.4 Å². The van der Waals surface area contributed by atoms with Crippen molar-refractivity contribution in [2.75, 3.05) is 13.2 Å². The fourth-order valence-corrected chi connectivity index (χ4v) is 2.66. The van der Waals surface area contributed by atoms with E-state index < -0.39 is 0 Å². The third-order valence-electron chi connectivity index (χ3n) is 3.91. The first kappa shape index (κ1) is 14.1. The molecule has 2 nitrogen and oxygen atoms in total. The lowest BCUT2D eigenvalue weighted by Gasteiger charge is -2.31. The zero-order valence-corrected chi connectivity index (χ0v) is 11.9. The molecular weight excluding hydrogens is 234 g/mol. The SMILES string of the molecule is CC1(C)CCCN1Cc1ccccc1C#CCCO. The number of aliphatic hydroxyl groups is 1. The Balaban J connectivity index is 2.14. The molecule has 102 valence electrons. The molecule has 2 heteroatoms. The standard InChI is InChI=1S/C17H23NO/c1-17(2)11-7-12-18(17)14-16-10-4-3-8-15(16)9-5-6-13-19/h3-4,8,10,19H,6-7,11-14H2,1-2H3. The number of likely N-dealkylation sites (tertiary alicyclic amines) is 1. The molecule has 2 rings (SSSR count). The van der Waals surface area contributed by atoms with Crippen LogP contribution >= 0.6 is 0 Å². The second kappa shape index (κ2) is 6.23. The zero-order valence-electron chi connectivity index (χ0n) is 11.9. The number of benzene rings is 1.